The molecule has 3 aliphatic rings. The van der Waals surface area contributed by atoms with Crippen LogP contribution in [0.3, 0.4) is 0 Å². The molecular formula is C36H60N2O7. The van der Waals surface area contributed by atoms with Gasteiger partial charge in [-0.1, -0.05) is 71.2 Å². The summed E-state index contributed by atoms with van der Waals surface area (Å²) >= 11 is 0. The number of hydrogen-bond acceptors (Lipinski definition) is 8. The maximum Gasteiger partial charge on any atom is 0.321 e. The summed E-state index contributed by atoms with van der Waals surface area (Å²) in [7, 11) is 0. The average Bonchev–Trinajstić information content (AvgIpc) is 3.53. The Morgan fingerprint density at radius 3 is 1.42 bits per heavy atom. The largest absolute Gasteiger partial charge is 0.425 e. The van der Waals surface area contributed by atoms with E-state index in [1.807, 2.05) is 40.7 Å². The highest BCUT2D eigenvalue weighted by molar-refractivity contribution is 5.91. The van der Waals surface area contributed by atoms with Crippen LogP contribution < -0.4 is 15.2 Å². The van der Waals surface area contributed by atoms with Crippen LogP contribution in [0.25, 0.3) is 0 Å². The fourth-order valence-electron chi connectivity index (χ4n) is 4.90. The summed E-state index contributed by atoms with van der Waals surface area (Å²) in [6.07, 6.45) is 2.56. The summed E-state index contributed by atoms with van der Waals surface area (Å²) in [5.41, 5.74) is 8.26. The lowest BCUT2D eigenvalue weighted by Gasteiger charge is -2.23. The molecule has 0 radical (unpaired) electrons. The molecule has 3 aliphatic heterocycles. The number of benzene rings is 2. The van der Waals surface area contributed by atoms with E-state index in [2.05, 4.69) is 20.8 Å². The Bertz CT molecular complexity index is 1350. The summed E-state index contributed by atoms with van der Waals surface area (Å²) in [6, 6.07) is 6.87. The Morgan fingerprint density at radius 1 is 0.711 bits per heavy atom. The number of nitro benzene ring substituents is 1. The van der Waals surface area contributed by atoms with Crippen LogP contribution >= 0.6 is 0 Å². The molecule has 0 bridgehead atoms. The van der Waals surface area contributed by atoms with Gasteiger partial charge in [0.25, 0.3) is 5.69 Å². The number of ether oxygens (including phenoxy) is 3. The second kappa shape index (κ2) is 15.2. The normalized spacial score (nSPS) is 16.6. The van der Waals surface area contributed by atoms with Crippen LogP contribution in [0.2, 0.25) is 0 Å². The molecule has 2 aromatic rings. The molecule has 0 aromatic heterocycles. The van der Waals surface area contributed by atoms with E-state index < -0.39 is 15.8 Å². The van der Waals surface area contributed by atoms with Gasteiger partial charge in [0.05, 0.1) is 21.8 Å². The Labute approximate surface area is 272 Å². The molecule has 2 aromatic carbocycles. The average molecular weight is 633 g/mol. The number of nitrogen functional groups attached to an aromatic ring is 1. The van der Waals surface area contributed by atoms with Gasteiger partial charge < -0.3 is 19.9 Å². The third-order valence-corrected chi connectivity index (χ3v) is 7.66. The van der Waals surface area contributed by atoms with Gasteiger partial charge in [0, 0.05) is 41.7 Å². The molecule has 5 rings (SSSR count). The maximum atomic E-state index is 11.8. The Hall–Kier alpha value is -3.46. The van der Waals surface area contributed by atoms with Crippen LogP contribution in [0.5, 0.6) is 11.5 Å². The van der Waals surface area contributed by atoms with E-state index >= 15 is 0 Å². The molecule has 0 aliphatic carbocycles. The first-order valence-electron chi connectivity index (χ1n) is 14.0. The van der Waals surface area contributed by atoms with Crippen molar-refractivity contribution in [3.8, 4) is 11.5 Å². The molecule has 1 fully saturated rings. The van der Waals surface area contributed by atoms with Gasteiger partial charge >= 0.3 is 11.9 Å². The lowest BCUT2D eigenvalue weighted by Crippen LogP contribution is -2.26. The van der Waals surface area contributed by atoms with Crippen molar-refractivity contribution in [2.45, 2.75) is 133 Å². The third kappa shape index (κ3) is 9.06. The molecular weight excluding hydrogens is 572 g/mol. The predicted octanol–water partition coefficient (Wildman–Crippen LogP) is 9.19. The maximum absolute atomic E-state index is 11.8. The van der Waals surface area contributed by atoms with Crippen molar-refractivity contribution < 1.29 is 28.7 Å². The highest BCUT2D eigenvalue weighted by atomic mass is 16.6. The molecule has 1 saturated heterocycles. The second-order valence-corrected chi connectivity index (χ2v) is 13.9. The minimum Gasteiger partial charge on any atom is -0.425 e. The summed E-state index contributed by atoms with van der Waals surface area (Å²) < 4.78 is 15.3. The van der Waals surface area contributed by atoms with Crippen LogP contribution in [0.1, 0.15) is 134 Å². The van der Waals surface area contributed by atoms with Gasteiger partial charge in [-0.2, -0.15) is 0 Å². The molecule has 0 unspecified atom stereocenters. The van der Waals surface area contributed by atoms with Crippen molar-refractivity contribution >= 4 is 23.3 Å². The van der Waals surface area contributed by atoms with E-state index in [1.165, 1.54) is 18.9 Å². The SMILES string of the molecule is C.C.C.C.C1CCOC1.CC(C)(C)c1cc2c(cc1N)OC(=O)C2(C)C.CC(C)(C)c1cc2c(cc1[N+](=O)[O-])OC(=O)C2(C)C. The van der Waals surface area contributed by atoms with Crippen molar-refractivity contribution in [3.05, 3.63) is 56.6 Å². The number of carbonyl (C=O) groups is 2. The van der Waals surface area contributed by atoms with Gasteiger partial charge in [0.1, 0.15) is 11.5 Å². The van der Waals surface area contributed by atoms with E-state index in [4.69, 9.17) is 19.9 Å². The van der Waals surface area contributed by atoms with E-state index in [0.717, 1.165) is 24.3 Å². The van der Waals surface area contributed by atoms with Gasteiger partial charge in [-0.15, -0.1) is 0 Å². The highest BCUT2D eigenvalue weighted by Gasteiger charge is 2.44. The van der Waals surface area contributed by atoms with Crippen LogP contribution in [-0.2, 0) is 36.0 Å². The first-order valence-corrected chi connectivity index (χ1v) is 14.0. The van der Waals surface area contributed by atoms with Crippen LogP contribution in [0.4, 0.5) is 11.4 Å². The zero-order valence-corrected chi connectivity index (χ0v) is 26.0. The lowest BCUT2D eigenvalue weighted by atomic mass is 9.79. The molecule has 45 heavy (non-hydrogen) atoms. The number of nitro groups is 1. The summed E-state index contributed by atoms with van der Waals surface area (Å²) in [4.78, 5) is 34.3. The quantitative estimate of drug-likeness (QED) is 0.108. The minimum absolute atomic E-state index is 0. The van der Waals surface area contributed by atoms with Gasteiger partial charge in [-0.25, -0.2) is 0 Å². The fourth-order valence-corrected chi connectivity index (χ4v) is 4.90. The number of nitrogens with zero attached hydrogens (tertiary/aromatic N) is 1. The molecule has 0 saturated carbocycles. The van der Waals surface area contributed by atoms with Gasteiger partial charge in [-0.05, 0) is 69.1 Å². The first kappa shape index (κ1) is 43.7. The Balaban J connectivity index is 0. The van der Waals surface area contributed by atoms with E-state index in [1.54, 1.807) is 26.0 Å². The zero-order valence-electron chi connectivity index (χ0n) is 26.0. The molecule has 9 heteroatoms. The topological polar surface area (TPSA) is 131 Å². The number of carbonyl (C=O) groups excluding carboxylic acids is 2. The van der Waals surface area contributed by atoms with Crippen LogP contribution in [0, 0.1) is 10.1 Å². The number of anilines is 1. The van der Waals surface area contributed by atoms with Crippen molar-refractivity contribution in [3.63, 3.8) is 0 Å². The summed E-state index contributed by atoms with van der Waals surface area (Å²) in [6.45, 7) is 21.3. The molecule has 2 N–H and O–H groups in total. The molecule has 0 amide bonds. The van der Waals surface area contributed by atoms with Crippen molar-refractivity contribution in [1.82, 2.24) is 0 Å². The lowest BCUT2D eigenvalue weighted by molar-refractivity contribution is -0.386. The van der Waals surface area contributed by atoms with Gasteiger partial charge in [0.15, 0.2) is 0 Å². The highest BCUT2D eigenvalue weighted by Crippen LogP contribution is 2.46. The van der Waals surface area contributed by atoms with E-state index in [-0.39, 0.29) is 58.2 Å². The van der Waals surface area contributed by atoms with Crippen LogP contribution in [-0.4, -0.2) is 30.1 Å². The van der Waals surface area contributed by atoms with Crippen LogP contribution in [0.15, 0.2) is 24.3 Å². The van der Waals surface area contributed by atoms with E-state index in [0.29, 0.717) is 28.3 Å². The minimum atomic E-state index is -0.759. The zero-order chi connectivity index (χ0) is 31.1. The number of esters is 2. The number of nitrogens with two attached hydrogens (primary N) is 1. The van der Waals surface area contributed by atoms with Gasteiger partial charge in [-0.3, -0.25) is 19.7 Å². The first-order chi connectivity index (χ1) is 18.7. The smallest absolute Gasteiger partial charge is 0.321 e. The fraction of sp³-hybridized carbons (Fsp3) is 0.611. The van der Waals surface area contributed by atoms with Crippen molar-refractivity contribution in [2.24, 2.45) is 0 Å². The summed E-state index contributed by atoms with van der Waals surface area (Å²) in [5.74, 6) is 0.320. The standard InChI is InChI=1S/C14H17NO4.C14H19NO2.C4H8O.4CH4/c1-13(2,3)8-6-9-11(7-10(8)15(17)18)19-12(16)14(9,4)5;1-13(2,3)8-6-9-11(7-10(8)15)17-12(16)14(9,4)5;1-2-4-5-3-1;;;;/h6-7H,1-5H3;6-7H,15H2,1-5H3;1-4H2;4*1H4. The van der Waals surface area contributed by atoms with Crippen molar-refractivity contribution in [1.29, 1.82) is 0 Å². The number of rotatable bonds is 1. The van der Waals surface area contributed by atoms with E-state index in [9.17, 15) is 19.7 Å². The van der Waals surface area contributed by atoms with Gasteiger partial charge in [0.2, 0.25) is 0 Å². The molecule has 0 atom stereocenters. The summed E-state index contributed by atoms with van der Waals surface area (Å²) in [5, 5.41) is 11.2. The second-order valence-electron chi connectivity index (χ2n) is 13.9. The number of fused-ring (bicyclic) bond motifs is 2. The molecule has 256 valence electrons. The molecule has 3 heterocycles. The van der Waals surface area contributed by atoms with Crippen molar-refractivity contribution in [2.75, 3.05) is 18.9 Å². The Morgan fingerprint density at radius 2 is 1.09 bits per heavy atom. The Kier molecular flexibility index (Phi) is 14.8. The third-order valence-electron chi connectivity index (χ3n) is 7.66. The monoisotopic (exact) mass is 632 g/mol. The number of hydrogen-bond donors (Lipinski definition) is 1. The predicted molar refractivity (Wildman–Crippen MR) is 186 cm³/mol. The molecule has 0 spiro atoms. The molecule has 9 nitrogen and oxygen atoms in total.